The Hall–Kier alpha value is -2.42. The number of nitrogens with zero attached hydrogens (tertiary/aromatic N) is 1. The van der Waals surface area contributed by atoms with E-state index in [0.29, 0.717) is 29.8 Å². The fraction of sp³-hybridized carbons (Fsp3) is 0.333. The largest absolute Gasteiger partial charge is 0.399 e. The van der Waals surface area contributed by atoms with E-state index in [9.17, 15) is 22.8 Å². The van der Waals surface area contributed by atoms with E-state index in [1.165, 1.54) is 17.0 Å². The number of hydrogen-bond donors (Lipinski definition) is 2. The molecule has 0 aliphatic rings. The number of likely N-dealkylation sites (N-methyl/N-ethyl adjacent to an activating group) is 1. The van der Waals surface area contributed by atoms with Crippen LogP contribution in [0.3, 0.4) is 0 Å². The first kappa shape index (κ1) is 28.8. The Kier molecular flexibility index (Phi) is 10.3. The van der Waals surface area contributed by atoms with Crippen molar-refractivity contribution in [2.24, 2.45) is 0 Å². The number of allylic oxidation sites excluding steroid dienone is 1. The molecule has 0 aliphatic carbocycles. The van der Waals surface area contributed by atoms with Gasteiger partial charge >= 0.3 is 12.2 Å². The van der Waals surface area contributed by atoms with Gasteiger partial charge < -0.3 is 15.5 Å². The Labute approximate surface area is 217 Å². The van der Waals surface area contributed by atoms with Crippen LogP contribution in [-0.4, -0.2) is 49.7 Å². The molecule has 0 saturated carbocycles. The summed E-state index contributed by atoms with van der Waals surface area (Å²) < 4.78 is 41.2. The average Bonchev–Trinajstić information content (AvgIpc) is 2.76. The highest BCUT2D eigenvalue weighted by Crippen LogP contribution is 2.41. The van der Waals surface area contributed by atoms with Gasteiger partial charge in [-0.2, -0.15) is 13.2 Å². The van der Waals surface area contributed by atoms with Crippen molar-refractivity contribution >= 4 is 52.8 Å². The number of rotatable bonds is 8. The third-order valence-electron chi connectivity index (χ3n) is 5.10. The van der Waals surface area contributed by atoms with E-state index in [2.05, 4.69) is 10.6 Å². The summed E-state index contributed by atoms with van der Waals surface area (Å²) in [6, 6.07) is 6.74. The molecule has 1 atom stereocenters. The van der Waals surface area contributed by atoms with Gasteiger partial charge in [-0.1, -0.05) is 59.1 Å². The third-order valence-corrected chi connectivity index (χ3v) is 6.30. The molecule has 0 radical (unpaired) electrons. The standard InChI is InChI=1S/C24H25Cl3F3N3O2/c1-4-31-23(35)33(3)10-9-32-22(34)17-7-5-15(11-14(17)2)6-8-18(24(28,29)30)16-12-19(25)21(27)20(26)13-16/h5-8,11-13,18H,4,9-10H2,1-3H3,(H,31,35)(H,32,34). The van der Waals surface area contributed by atoms with Crippen molar-refractivity contribution in [2.45, 2.75) is 25.9 Å². The van der Waals surface area contributed by atoms with E-state index >= 15 is 0 Å². The lowest BCUT2D eigenvalue weighted by Crippen LogP contribution is -2.41. The van der Waals surface area contributed by atoms with Gasteiger partial charge in [0.2, 0.25) is 0 Å². The molecule has 5 nitrogen and oxygen atoms in total. The summed E-state index contributed by atoms with van der Waals surface area (Å²) in [5.74, 6) is -2.30. The fourth-order valence-corrected chi connectivity index (χ4v) is 3.85. The SMILES string of the molecule is CCNC(=O)N(C)CCNC(=O)c1ccc(C=CC(c2cc(Cl)c(Cl)c(Cl)c2)C(F)(F)F)cc1C. The summed E-state index contributed by atoms with van der Waals surface area (Å²) in [6.45, 7) is 4.55. The van der Waals surface area contributed by atoms with Crippen molar-refractivity contribution in [3.63, 3.8) is 0 Å². The lowest BCUT2D eigenvalue weighted by atomic mass is 9.96. The van der Waals surface area contributed by atoms with Crippen LogP contribution in [0.25, 0.3) is 6.08 Å². The molecule has 190 valence electrons. The molecule has 2 rings (SSSR count). The minimum atomic E-state index is -4.59. The van der Waals surface area contributed by atoms with E-state index in [1.807, 2.05) is 0 Å². The molecule has 0 aliphatic heterocycles. The second kappa shape index (κ2) is 12.5. The van der Waals surface area contributed by atoms with Crippen LogP contribution >= 0.6 is 34.8 Å². The van der Waals surface area contributed by atoms with Crippen LogP contribution in [0, 0.1) is 6.92 Å². The molecule has 0 spiro atoms. The molecule has 2 N–H and O–H groups in total. The first-order valence-electron chi connectivity index (χ1n) is 10.6. The van der Waals surface area contributed by atoms with E-state index < -0.39 is 12.1 Å². The van der Waals surface area contributed by atoms with Crippen LogP contribution in [0.2, 0.25) is 15.1 Å². The molecule has 3 amide bonds. The predicted octanol–water partition coefficient (Wildman–Crippen LogP) is 6.71. The first-order chi connectivity index (χ1) is 16.3. The molecule has 0 heterocycles. The van der Waals surface area contributed by atoms with Crippen LogP contribution in [0.4, 0.5) is 18.0 Å². The van der Waals surface area contributed by atoms with Gasteiger partial charge in [-0.15, -0.1) is 0 Å². The van der Waals surface area contributed by atoms with Crippen molar-refractivity contribution < 1.29 is 22.8 Å². The maximum absolute atomic E-state index is 13.7. The highest BCUT2D eigenvalue weighted by atomic mass is 35.5. The second-order valence-electron chi connectivity index (χ2n) is 7.76. The van der Waals surface area contributed by atoms with Crippen molar-refractivity contribution in [3.8, 4) is 0 Å². The van der Waals surface area contributed by atoms with Crippen LogP contribution in [0.1, 0.15) is 39.9 Å². The molecule has 0 fully saturated rings. The zero-order chi connectivity index (χ0) is 26.3. The lowest BCUT2D eigenvalue weighted by molar-refractivity contribution is -0.139. The smallest absolute Gasteiger partial charge is 0.350 e. The predicted molar refractivity (Wildman–Crippen MR) is 135 cm³/mol. The molecular weight excluding hydrogens is 526 g/mol. The molecule has 0 saturated heterocycles. The number of alkyl halides is 3. The molecular formula is C24H25Cl3F3N3O2. The first-order valence-corrected chi connectivity index (χ1v) is 11.8. The number of urea groups is 1. The molecule has 2 aromatic carbocycles. The Balaban J connectivity index is 2.14. The molecule has 11 heteroatoms. The van der Waals surface area contributed by atoms with Crippen molar-refractivity contribution in [2.75, 3.05) is 26.7 Å². The Morgan fingerprint density at radius 1 is 1.09 bits per heavy atom. The minimum Gasteiger partial charge on any atom is -0.350 e. The van der Waals surface area contributed by atoms with Crippen molar-refractivity contribution in [1.82, 2.24) is 15.5 Å². The molecule has 1 unspecified atom stereocenters. The summed E-state index contributed by atoms with van der Waals surface area (Å²) in [4.78, 5) is 25.6. The van der Waals surface area contributed by atoms with E-state index in [0.717, 1.165) is 18.2 Å². The number of amides is 3. The maximum Gasteiger partial charge on any atom is 0.399 e. The summed E-state index contributed by atoms with van der Waals surface area (Å²) in [5.41, 5.74) is 1.31. The van der Waals surface area contributed by atoms with Crippen molar-refractivity contribution in [3.05, 3.63) is 73.7 Å². The van der Waals surface area contributed by atoms with Gasteiger partial charge in [0.1, 0.15) is 0 Å². The summed E-state index contributed by atoms with van der Waals surface area (Å²) >= 11 is 17.7. The fourth-order valence-electron chi connectivity index (χ4n) is 3.24. The molecule has 0 bridgehead atoms. The lowest BCUT2D eigenvalue weighted by Gasteiger charge is -2.18. The van der Waals surface area contributed by atoms with Gasteiger partial charge in [-0.3, -0.25) is 4.79 Å². The van der Waals surface area contributed by atoms with Gasteiger partial charge in [-0.05, 0) is 48.7 Å². The van der Waals surface area contributed by atoms with Gasteiger partial charge in [0.25, 0.3) is 5.91 Å². The number of carbonyl (C=O) groups is 2. The number of benzene rings is 2. The number of halogens is 6. The van der Waals surface area contributed by atoms with Crippen LogP contribution in [-0.2, 0) is 0 Å². The number of hydrogen-bond acceptors (Lipinski definition) is 2. The van der Waals surface area contributed by atoms with Crippen LogP contribution in [0.15, 0.2) is 36.4 Å². The second-order valence-corrected chi connectivity index (χ2v) is 8.96. The zero-order valence-electron chi connectivity index (χ0n) is 19.3. The van der Waals surface area contributed by atoms with E-state index in [4.69, 9.17) is 34.8 Å². The molecule has 0 aromatic heterocycles. The van der Waals surface area contributed by atoms with Gasteiger partial charge in [0.05, 0.1) is 21.0 Å². The number of carbonyl (C=O) groups excluding carboxylic acids is 2. The summed E-state index contributed by atoms with van der Waals surface area (Å²) in [6.07, 6.45) is -2.26. The average molecular weight is 551 g/mol. The highest BCUT2D eigenvalue weighted by molar-refractivity contribution is 6.48. The van der Waals surface area contributed by atoms with Crippen LogP contribution < -0.4 is 10.6 Å². The van der Waals surface area contributed by atoms with Gasteiger partial charge in [0, 0.05) is 32.2 Å². The van der Waals surface area contributed by atoms with Crippen molar-refractivity contribution in [1.29, 1.82) is 0 Å². The number of aryl methyl sites for hydroxylation is 1. The Morgan fingerprint density at radius 2 is 1.71 bits per heavy atom. The third kappa shape index (κ3) is 8.05. The van der Waals surface area contributed by atoms with Crippen LogP contribution in [0.5, 0.6) is 0 Å². The van der Waals surface area contributed by atoms with E-state index in [-0.39, 0.29) is 39.1 Å². The maximum atomic E-state index is 13.7. The zero-order valence-corrected chi connectivity index (χ0v) is 21.5. The molecule has 2 aromatic rings. The molecule has 35 heavy (non-hydrogen) atoms. The van der Waals surface area contributed by atoms with E-state index in [1.54, 1.807) is 33.0 Å². The Bertz CT molecular complexity index is 1080. The van der Waals surface area contributed by atoms with Gasteiger partial charge in [0.15, 0.2) is 0 Å². The number of nitrogens with one attached hydrogen (secondary N) is 2. The summed E-state index contributed by atoms with van der Waals surface area (Å²) in [7, 11) is 1.61. The quantitative estimate of drug-likeness (QED) is 0.359. The normalized spacial score (nSPS) is 12.5. The van der Waals surface area contributed by atoms with Gasteiger partial charge in [-0.25, -0.2) is 4.79 Å². The Morgan fingerprint density at radius 3 is 2.26 bits per heavy atom. The highest BCUT2D eigenvalue weighted by Gasteiger charge is 2.39. The summed E-state index contributed by atoms with van der Waals surface area (Å²) in [5, 5.41) is 5.24. The topological polar surface area (TPSA) is 61.4 Å². The monoisotopic (exact) mass is 549 g/mol. The minimum absolute atomic E-state index is 0.0117.